The highest BCUT2D eigenvalue weighted by atomic mass is 32.2. The normalized spacial score (nSPS) is 16.0. The Morgan fingerprint density at radius 2 is 1.91 bits per heavy atom. The van der Waals surface area contributed by atoms with Crippen LogP contribution in [0.5, 0.6) is 0 Å². The average Bonchev–Trinajstić information content (AvgIpc) is 2.71. The van der Waals surface area contributed by atoms with Crippen LogP contribution in [0, 0.1) is 0 Å². The first-order chi connectivity index (χ1) is 10.8. The first-order valence-electron chi connectivity index (χ1n) is 8.15. The van der Waals surface area contributed by atoms with Crippen molar-refractivity contribution >= 4 is 28.7 Å². The van der Waals surface area contributed by atoms with Crippen LogP contribution in [-0.2, 0) is 11.3 Å². The molecular weight excluding hydrogens is 294 g/mol. The van der Waals surface area contributed by atoms with Crippen molar-refractivity contribution in [3.63, 3.8) is 0 Å². The molecule has 5 heteroatoms. The molecule has 0 radical (unpaired) electrons. The standard InChI is InChI=1S/C17H23N3OS/c1-2-20-15-10-6-5-9-14(15)18-17(20)22-13-16(21)19-11-7-3-4-8-12-19/h5-6,9-10H,2-4,7-8,11-13H2,1H3. The van der Waals surface area contributed by atoms with Crippen LogP contribution in [0.2, 0.25) is 0 Å². The average molecular weight is 317 g/mol. The van der Waals surface area contributed by atoms with E-state index in [-0.39, 0.29) is 5.91 Å². The maximum absolute atomic E-state index is 12.4. The van der Waals surface area contributed by atoms with Gasteiger partial charge in [0.25, 0.3) is 0 Å². The molecule has 2 heterocycles. The van der Waals surface area contributed by atoms with Gasteiger partial charge in [0.05, 0.1) is 16.8 Å². The van der Waals surface area contributed by atoms with Crippen molar-refractivity contribution < 1.29 is 4.79 Å². The van der Waals surface area contributed by atoms with Crippen LogP contribution in [0.1, 0.15) is 32.6 Å². The summed E-state index contributed by atoms with van der Waals surface area (Å²) in [5.74, 6) is 0.741. The number of thioether (sulfide) groups is 1. The first-order valence-corrected chi connectivity index (χ1v) is 9.14. The van der Waals surface area contributed by atoms with Gasteiger partial charge in [-0.05, 0) is 31.9 Å². The number of aromatic nitrogens is 2. The fraction of sp³-hybridized carbons (Fsp3) is 0.529. The van der Waals surface area contributed by atoms with Crippen molar-refractivity contribution in [2.45, 2.75) is 44.3 Å². The van der Waals surface area contributed by atoms with Gasteiger partial charge in [0.2, 0.25) is 5.91 Å². The molecule has 0 unspecified atom stereocenters. The van der Waals surface area contributed by atoms with Gasteiger partial charge in [-0.2, -0.15) is 0 Å². The molecule has 1 aromatic heterocycles. The quantitative estimate of drug-likeness (QED) is 0.809. The van der Waals surface area contributed by atoms with Gasteiger partial charge in [-0.1, -0.05) is 36.7 Å². The molecule has 1 aliphatic rings. The molecule has 0 aliphatic carbocycles. The fourth-order valence-electron chi connectivity index (χ4n) is 3.01. The Kier molecular flexibility index (Phi) is 5.03. The molecule has 1 aliphatic heterocycles. The zero-order chi connectivity index (χ0) is 15.4. The van der Waals surface area contributed by atoms with E-state index < -0.39 is 0 Å². The molecular formula is C17H23N3OS. The molecule has 3 rings (SSSR count). The summed E-state index contributed by atoms with van der Waals surface area (Å²) >= 11 is 1.57. The van der Waals surface area contributed by atoms with Crippen molar-refractivity contribution in [3.05, 3.63) is 24.3 Å². The van der Waals surface area contributed by atoms with Crippen molar-refractivity contribution in [1.82, 2.24) is 14.5 Å². The second kappa shape index (κ2) is 7.18. The van der Waals surface area contributed by atoms with E-state index in [1.165, 1.54) is 12.8 Å². The lowest BCUT2D eigenvalue weighted by Gasteiger charge is -2.19. The number of imidazole rings is 1. The van der Waals surface area contributed by atoms with Crippen molar-refractivity contribution in [2.24, 2.45) is 0 Å². The van der Waals surface area contributed by atoms with E-state index in [2.05, 4.69) is 22.5 Å². The number of fused-ring (bicyclic) bond motifs is 1. The Labute approximate surface area is 135 Å². The second-order valence-corrected chi connectivity index (χ2v) is 6.65. The number of aryl methyl sites for hydroxylation is 1. The van der Waals surface area contributed by atoms with E-state index in [1.807, 2.05) is 23.1 Å². The third-order valence-corrected chi connectivity index (χ3v) is 5.18. The highest BCUT2D eigenvalue weighted by molar-refractivity contribution is 7.99. The molecule has 1 saturated heterocycles. The fourth-order valence-corrected chi connectivity index (χ4v) is 3.99. The summed E-state index contributed by atoms with van der Waals surface area (Å²) in [5.41, 5.74) is 2.16. The smallest absolute Gasteiger partial charge is 0.233 e. The van der Waals surface area contributed by atoms with E-state index in [0.29, 0.717) is 5.75 Å². The van der Waals surface area contributed by atoms with Crippen molar-refractivity contribution in [2.75, 3.05) is 18.8 Å². The number of carbonyl (C=O) groups excluding carboxylic acids is 1. The second-order valence-electron chi connectivity index (χ2n) is 5.71. The number of hydrogen-bond acceptors (Lipinski definition) is 3. The van der Waals surface area contributed by atoms with Crippen molar-refractivity contribution in [3.8, 4) is 0 Å². The lowest BCUT2D eigenvalue weighted by Crippen LogP contribution is -2.33. The Morgan fingerprint density at radius 1 is 1.18 bits per heavy atom. The van der Waals surface area contributed by atoms with Gasteiger partial charge in [-0.25, -0.2) is 4.98 Å². The summed E-state index contributed by atoms with van der Waals surface area (Å²) in [6.07, 6.45) is 4.79. The maximum atomic E-state index is 12.4. The molecule has 0 N–H and O–H groups in total. The third-order valence-electron chi connectivity index (χ3n) is 4.22. The topological polar surface area (TPSA) is 38.1 Å². The van der Waals surface area contributed by atoms with Crippen molar-refractivity contribution in [1.29, 1.82) is 0 Å². The van der Waals surface area contributed by atoms with Crippen LogP contribution in [0.25, 0.3) is 11.0 Å². The summed E-state index contributed by atoms with van der Waals surface area (Å²) in [7, 11) is 0. The molecule has 1 aromatic carbocycles. The molecule has 0 spiro atoms. The Morgan fingerprint density at radius 3 is 2.64 bits per heavy atom. The molecule has 2 aromatic rings. The lowest BCUT2D eigenvalue weighted by molar-refractivity contribution is -0.128. The summed E-state index contributed by atoms with van der Waals surface area (Å²) in [4.78, 5) is 19.1. The SMILES string of the molecule is CCn1c(SCC(=O)N2CCCCCC2)nc2ccccc21. The predicted octanol–water partition coefficient (Wildman–Crippen LogP) is 3.55. The van der Waals surface area contributed by atoms with Gasteiger partial charge in [-0.3, -0.25) is 4.79 Å². The number of hydrogen-bond donors (Lipinski definition) is 0. The summed E-state index contributed by atoms with van der Waals surface area (Å²) in [5, 5.41) is 0.951. The molecule has 118 valence electrons. The molecule has 0 atom stereocenters. The van der Waals surface area contributed by atoms with Gasteiger partial charge in [-0.15, -0.1) is 0 Å². The number of rotatable bonds is 4. The van der Waals surface area contributed by atoms with Crippen LogP contribution in [-0.4, -0.2) is 39.2 Å². The first kappa shape index (κ1) is 15.4. The van der Waals surface area contributed by atoms with Gasteiger partial charge in [0.15, 0.2) is 5.16 Å². The van der Waals surface area contributed by atoms with Gasteiger partial charge < -0.3 is 9.47 Å². The van der Waals surface area contributed by atoms with Gasteiger partial charge >= 0.3 is 0 Å². The molecule has 4 nitrogen and oxygen atoms in total. The van der Waals surface area contributed by atoms with E-state index in [4.69, 9.17) is 0 Å². The zero-order valence-electron chi connectivity index (χ0n) is 13.1. The monoisotopic (exact) mass is 317 g/mol. The number of benzene rings is 1. The van der Waals surface area contributed by atoms with Crippen LogP contribution in [0.15, 0.2) is 29.4 Å². The molecule has 22 heavy (non-hydrogen) atoms. The molecule has 0 bridgehead atoms. The molecule has 1 fully saturated rings. The number of amides is 1. The summed E-state index contributed by atoms with van der Waals surface area (Å²) in [6, 6.07) is 8.16. The number of likely N-dealkylation sites (tertiary alicyclic amines) is 1. The minimum atomic E-state index is 0.251. The third kappa shape index (κ3) is 3.29. The maximum Gasteiger partial charge on any atom is 0.233 e. The number of nitrogens with zero attached hydrogens (tertiary/aromatic N) is 3. The Bertz CT molecular complexity index is 644. The Balaban J connectivity index is 1.69. The van der Waals surface area contributed by atoms with Crippen LogP contribution in [0.3, 0.4) is 0 Å². The van der Waals surface area contributed by atoms with E-state index >= 15 is 0 Å². The van der Waals surface area contributed by atoms with E-state index in [9.17, 15) is 4.79 Å². The number of para-hydroxylation sites is 2. The summed E-state index contributed by atoms with van der Waals surface area (Å²) in [6.45, 7) is 4.84. The molecule has 0 saturated carbocycles. The van der Waals surface area contributed by atoms with Crippen LogP contribution < -0.4 is 0 Å². The van der Waals surface area contributed by atoms with Crippen LogP contribution in [0.4, 0.5) is 0 Å². The minimum absolute atomic E-state index is 0.251. The zero-order valence-corrected chi connectivity index (χ0v) is 13.9. The van der Waals surface area contributed by atoms with Crippen LogP contribution >= 0.6 is 11.8 Å². The van der Waals surface area contributed by atoms with Gasteiger partial charge in [0, 0.05) is 19.6 Å². The largest absolute Gasteiger partial charge is 0.342 e. The van der Waals surface area contributed by atoms with E-state index in [0.717, 1.165) is 48.7 Å². The predicted molar refractivity (Wildman–Crippen MR) is 91.2 cm³/mol. The van der Waals surface area contributed by atoms with Gasteiger partial charge in [0.1, 0.15) is 0 Å². The Hall–Kier alpha value is -1.49. The summed E-state index contributed by atoms with van der Waals surface area (Å²) < 4.78 is 2.19. The molecule has 1 amide bonds. The lowest BCUT2D eigenvalue weighted by atomic mass is 10.2. The highest BCUT2D eigenvalue weighted by Gasteiger charge is 2.17. The highest BCUT2D eigenvalue weighted by Crippen LogP contribution is 2.24. The van der Waals surface area contributed by atoms with E-state index in [1.54, 1.807) is 11.8 Å². The minimum Gasteiger partial charge on any atom is -0.342 e. The number of carbonyl (C=O) groups is 1.